The largest absolute Gasteiger partial charge is 0.484 e. The van der Waals surface area contributed by atoms with Gasteiger partial charge in [0.15, 0.2) is 21.6 Å². The van der Waals surface area contributed by atoms with E-state index in [9.17, 15) is 13.2 Å². The molecule has 0 unspecified atom stereocenters. The average Bonchev–Trinajstić information content (AvgIpc) is 3.14. The summed E-state index contributed by atoms with van der Waals surface area (Å²) in [7, 11) is -3.17. The summed E-state index contributed by atoms with van der Waals surface area (Å²) in [5.41, 5.74) is 0.534. The summed E-state index contributed by atoms with van der Waals surface area (Å²) < 4.78 is 29.7. The number of hydrogen-bond acceptors (Lipinski definition) is 5. The topological polar surface area (TPSA) is 76.0 Å². The molecular formula is C19H16Cl2N2O4S2. The van der Waals surface area contributed by atoms with Gasteiger partial charge in [-0.05, 0) is 30.3 Å². The van der Waals surface area contributed by atoms with Crippen LogP contribution in [0.3, 0.4) is 0 Å². The lowest BCUT2D eigenvalue weighted by Crippen LogP contribution is -2.38. The summed E-state index contributed by atoms with van der Waals surface area (Å²) in [5, 5.41) is 1.04. The fourth-order valence-corrected chi connectivity index (χ4v) is 7.62. The minimum atomic E-state index is -3.17. The predicted octanol–water partition coefficient (Wildman–Crippen LogP) is 3.67. The molecule has 4 rings (SSSR count). The maximum Gasteiger partial charge on any atom is 0.285 e. The molecule has 152 valence electrons. The van der Waals surface area contributed by atoms with Crippen LogP contribution in [0.1, 0.15) is 0 Å². The van der Waals surface area contributed by atoms with Gasteiger partial charge >= 0.3 is 0 Å². The van der Waals surface area contributed by atoms with Crippen molar-refractivity contribution in [2.24, 2.45) is 4.99 Å². The van der Waals surface area contributed by atoms with Crippen molar-refractivity contribution in [1.29, 1.82) is 0 Å². The van der Waals surface area contributed by atoms with E-state index in [1.807, 2.05) is 18.2 Å². The summed E-state index contributed by atoms with van der Waals surface area (Å²) in [6.07, 6.45) is 0. The number of amides is 1. The fourth-order valence-electron chi connectivity index (χ4n) is 3.32. The monoisotopic (exact) mass is 470 g/mol. The van der Waals surface area contributed by atoms with Crippen LogP contribution in [0.5, 0.6) is 5.75 Å². The molecule has 29 heavy (non-hydrogen) atoms. The molecule has 1 amide bonds. The molecule has 2 atom stereocenters. The van der Waals surface area contributed by atoms with Crippen molar-refractivity contribution in [3.05, 3.63) is 58.6 Å². The second-order valence-corrected chi connectivity index (χ2v) is 10.9. The highest BCUT2D eigenvalue weighted by Gasteiger charge is 2.49. The number of carbonyl (C=O) groups excluding carboxylic acids is 1. The van der Waals surface area contributed by atoms with Crippen molar-refractivity contribution in [2.45, 2.75) is 11.3 Å². The first kappa shape index (κ1) is 20.5. The van der Waals surface area contributed by atoms with Gasteiger partial charge in [-0.1, -0.05) is 53.2 Å². The van der Waals surface area contributed by atoms with Crippen molar-refractivity contribution in [2.75, 3.05) is 23.0 Å². The number of aliphatic imine (C=N–C) groups is 1. The van der Waals surface area contributed by atoms with Crippen LogP contribution in [0.15, 0.2) is 53.5 Å². The molecule has 2 aliphatic rings. The van der Waals surface area contributed by atoms with E-state index in [1.165, 1.54) is 11.8 Å². The maximum atomic E-state index is 12.4. The zero-order valence-electron chi connectivity index (χ0n) is 15.0. The summed E-state index contributed by atoms with van der Waals surface area (Å²) in [6, 6.07) is 13.5. The van der Waals surface area contributed by atoms with Crippen LogP contribution in [0.25, 0.3) is 0 Å². The van der Waals surface area contributed by atoms with E-state index >= 15 is 0 Å². The molecule has 2 aromatic carbocycles. The molecule has 0 aromatic heterocycles. The molecule has 6 nitrogen and oxygen atoms in total. The third-order valence-electron chi connectivity index (χ3n) is 4.56. The van der Waals surface area contributed by atoms with Crippen molar-refractivity contribution in [1.82, 2.24) is 0 Å². The van der Waals surface area contributed by atoms with Crippen LogP contribution in [0, 0.1) is 0 Å². The van der Waals surface area contributed by atoms with Gasteiger partial charge in [0.05, 0.1) is 28.3 Å². The van der Waals surface area contributed by atoms with Crippen LogP contribution in [-0.4, -0.2) is 48.9 Å². The predicted molar refractivity (Wildman–Crippen MR) is 117 cm³/mol. The number of thioether (sulfide) groups is 1. The maximum absolute atomic E-state index is 12.4. The van der Waals surface area contributed by atoms with Crippen LogP contribution in [0.2, 0.25) is 10.0 Å². The molecule has 0 radical (unpaired) electrons. The van der Waals surface area contributed by atoms with Crippen LogP contribution in [0.4, 0.5) is 5.69 Å². The molecule has 0 bridgehead atoms. The standard InChI is InChI=1S/C19H16Cl2N2O4S2/c20-12-6-7-14(21)15(8-12)23-16-10-29(25,26)11-17(16)28-19(23)22-18(24)9-27-13-4-2-1-3-5-13/h1-8,16-17H,9-11H2/t16-,17-/m1/s1. The van der Waals surface area contributed by atoms with Gasteiger partial charge in [0.25, 0.3) is 5.91 Å². The zero-order valence-corrected chi connectivity index (χ0v) is 18.1. The number of halogens is 2. The Hall–Kier alpha value is -1.74. The Morgan fingerprint density at radius 3 is 2.69 bits per heavy atom. The van der Waals surface area contributed by atoms with Gasteiger partial charge in [0.1, 0.15) is 5.75 Å². The Morgan fingerprint density at radius 2 is 1.93 bits per heavy atom. The summed E-state index contributed by atoms with van der Waals surface area (Å²) in [5.74, 6) is 0.103. The third kappa shape index (κ3) is 4.55. The van der Waals surface area contributed by atoms with Crippen molar-refractivity contribution >= 4 is 61.6 Å². The number of ether oxygens (including phenoxy) is 1. The summed E-state index contributed by atoms with van der Waals surface area (Å²) >= 11 is 13.8. The van der Waals surface area contributed by atoms with Gasteiger partial charge < -0.3 is 9.64 Å². The molecule has 0 spiro atoms. The number of hydrogen-bond donors (Lipinski definition) is 0. The second-order valence-electron chi connectivity index (χ2n) is 6.66. The van der Waals surface area contributed by atoms with Crippen LogP contribution >= 0.6 is 35.0 Å². The first-order valence-corrected chi connectivity index (χ1v) is 12.2. The number of anilines is 1. The fraction of sp³-hybridized carbons (Fsp3) is 0.263. The first-order valence-electron chi connectivity index (χ1n) is 8.73. The SMILES string of the molecule is O=C(COc1ccccc1)N=C1S[C@@H]2CS(=O)(=O)C[C@H]2N1c1cc(Cl)ccc1Cl. The average molecular weight is 471 g/mol. The van der Waals surface area contributed by atoms with Crippen molar-refractivity contribution in [3.63, 3.8) is 0 Å². The number of benzene rings is 2. The van der Waals surface area contributed by atoms with Crippen molar-refractivity contribution < 1.29 is 17.9 Å². The lowest BCUT2D eigenvalue weighted by atomic mass is 10.2. The van der Waals surface area contributed by atoms with Gasteiger partial charge in [0, 0.05) is 10.3 Å². The molecule has 2 fully saturated rings. The number of carbonyl (C=O) groups is 1. The number of sulfone groups is 1. The minimum absolute atomic E-state index is 0.0266. The van der Waals surface area contributed by atoms with Gasteiger partial charge in [-0.15, -0.1) is 0 Å². The van der Waals surface area contributed by atoms with Gasteiger partial charge in [-0.25, -0.2) is 8.42 Å². The van der Waals surface area contributed by atoms with E-state index < -0.39 is 15.7 Å². The van der Waals surface area contributed by atoms with E-state index in [-0.39, 0.29) is 29.4 Å². The molecule has 10 heteroatoms. The van der Waals surface area contributed by atoms with Gasteiger partial charge in [0.2, 0.25) is 0 Å². The molecule has 2 aliphatic heterocycles. The Bertz CT molecular complexity index is 1080. The third-order valence-corrected chi connectivity index (χ3v) is 8.32. The first-order chi connectivity index (χ1) is 13.8. The number of amidine groups is 1. The smallest absolute Gasteiger partial charge is 0.285 e. The number of fused-ring (bicyclic) bond motifs is 1. The van der Waals surface area contributed by atoms with Crippen LogP contribution in [-0.2, 0) is 14.6 Å². The highest BCUT2D eigenvalue weighted by Crippen LogP contribution is 2.43. The summed E-state index contributed by atoms with van der Waals surface area (Å²) in [4.78, 5) is 18.3. The zero-order chi connectivity index (χ0) is 20.6. The highest BCUT2D eigenvalue weighted by atomic mass is 35.5. The van der Waals surface area contributed by atoms with E-state index in [0.29, 0.717) is 26.6 Å². The Morgan fingerprint density at radius 1 is 1.17 bits per heavy atom. The highest BCUT2D eigenvalue weighted by molar-refractivity contribution is 8.16. The quantitative estimate of drug-likeness (QED) is 0.678. The molecule has 0 saturated carbocycles. The minimum Gasteiger partial charge on any atom is -0.484 e. The molecule has 2 aromatic rings. The number of para-hydroxylation sites is 1. The lowest BCUT2D eigenvalue weighted by Gasteiger charge is -2.25. The Balaban J connectivity index is 1.61. The normalized spacial score (nSPS) is 23.9. The van der Waals surface area contributed by atoms with E-state index in [2.05, 4.69) is 4.99 Å². The van der Waals surface area contributed by atoms with Gasteiger partial charge in [-0.2, -0.15) is 4.99 Å². The Labute approximate surface area is 182 Å². The van der Waals surface area contributed by atoms with Crippen LogP contribution < -0.4 is 9.64 Å². The molecule has 2 saturated heterocycles. The van der Waals surface area contributed by atoms with Gasteiger partial charge in [-0.3, -0.25) is 4.79 Å². The molecule has 0 N–H and O–H groups in total. The second kappa shape index (κ2) is 8.18. The van der Waals surface area contributed by atoms with Crippen molar-refractivity contribution in [3.8, 4) is 5.75 Å². The lowest BCUT2D eigenvalue weighted by molar-refractivity contribution is -0.119. The van der Waals surface area contributed by atoms with E-state index in [1.54, 1.807) is 35.2 Å². The van der Waals surface area contributed by atoms with E-state index in [4.69, 9.17) is 27.9 Å². The number of rotatable bonds is 4. The molecular weight excluding hydrogens is 455 g/mol. The number of nitrogens with zero attached hydrogens (tertiary/aromatic N) is 2. The summed E-state index contributed by atoms with van der Waals surface area (Å²) in [6.45, 7) is -0.223. The van der Waals surface area contributed by atoms with E-state index in [0.717, 1.165) is 0 Å². The molecule has 2 heterocycles. The molecule has 0 aliphatic carbocycles. The Kier molecular flexibility index (Phi) is 5.79.